The van der Waals surface area contributed by atoms with Crippen molar-refractivity contribution in [1.82, 2.24) is 10.3 Å². The van der Waals surface area contributed by atoms with Gasteiger partial charge in [-0.2, -0.15) is 0 Å². The molecule has 0 saturated carbocycles. The number of carbonyl (C=O) groups excluding carboxylic acids is 1. The van der Waals surface area contributed by atoms with Crippen LogP contribution in [0.25, 0.3) is 0 Å². The molecule has 0 unspecified atom stereocenters. The fourth-order valence-electron chi connectivity index (χ4n) is 1.87. The first-order valence-corrected chi connectivity index (χ1v) is 6.69. The third-order valence-corrected chi connectivity index (χ3v) is 3.22. The van der Waals surface area contributed by atoms with Gasteiger partial charge < -0.3 is 11.1 Å². The first-order chi connectivity index (χ1) is 9.60. The molecule has 0 aliphatic rings. The molecule has 0 spiro atoms. The van der Waals surface area contributed by atoms with Crippen LogP contribution >= 0.6 is 11.6 Å². The molecule has 0 radical (unpaired) electrons. The van der Waals surface area contributed by atoms with Gasteiger partial charge in [-0.05, 0) is 36.8 Å². The smallest absolute Gasteiger partial charge is 0.251 e. The van der Waals surface area contributed by atoms with Crippen molar-refractivity contribution in [2.45, 2.75) is 19.5 Å². The summed E-state index contributed by atoms with van der Waals surface area (Å²) in [6, 6.07) is 10.7. The van der Waals surface area contributed by atoms with E-state index in [1.807, 2.05) is 25.1 Å². The average Bonchev–Trinajstić information content (AvgIpc) is 2.47. The zero-order valence-corrected chi connectivity index (χ0v) is 11.9. The largest absolute Gasteiger partial charge is 0.346 e. The van der Waals surface area contributed by atoms with E-state index < -0.39 is 0 Å². The Morgan fingerprint density at radius 2 is 2.20 bits per heavy atom. The molecule has 1 aromatic carbocycles. The number of nitrogens with one attached hydrogen (secondary N) is 1. The maximum Gasteiger partial charge on any atom is 0.251 e. The molecule has 20 heavy (non-hydrogen) atoms. The topological polar surface area (TPSA) is 68.0 Å². The highest BCUT2D eigenvalue weighted by molar-refractivity contribution is 6.30. The summed E-state index contributed by atoms with van der Waals surface area (Å²) in [5.41, 5.74) is 7.71. The SMILES string of the molecule is C[C@H](NC(=O)c1ccnc(CN)c1)c1cccc(Cl)c1. The van der Waals surface area contributed by atoms with E-state index in [2.05, 4.69) is 10.3 Å². The molecule has 4 nitrogen and oxygen atoms in total. The number of nitrogens with two attached hydrogens (primary N) is 1. The Kier molecular flexibility index (Phi) is 4.71. The first-order valence-electron chi connectivity index (χ1n) is 6.31. The summed E-state index contributed by atoms with van der Waals surface area (Å²) < 4.78 is 0. The van der Waals surface area contributed by atoms with Gasteiger partial charge in [0.1, 0.15) is 0 Å². The van der Waals surface area contributed by atoms with E-state index in [-0.39, 0.29) is 11.9 Å². The molecule has 1 amide bonds. The third-order valence-electron chi connectivity index (χ3n) is 2.98. The third kappa shape index (κ3) is 3.56. The number of halogens is 1. The van der Waals surface area contributed by atoms with E-state index in [9.17, 15) is 4.79 Å². The fraction of sp³-hybridized carbons (Fsp3) is 0.200. The number of pyridine rings is 1. The molecule has 0 bridgehead atoms. The van der Waals surface area contributed by atoms with Crippen LogP contribution in [-0.4, -0.2) is 10.9 Å². The predicted molar refractivity (Wildman–Crippen MR) is 79.5 cm³/mol. The Morgan fingerprint density at radius 1 is 1.40 bits per heavy atom. The van der Waals surface area contributed by atoms with Gasteiger partial charge in [0.15, 0.2) is 0 Å². The van der Waals surface area contributed by atoms with Gasteiger partial charge in [0.25, 0.3) is 5.91 Å². The summed E-state index contributed by atoms with van der Waals surface area (Å²) in [5, 5.41) is 3.58. The average molecular weight is 290 g/mol. The summed E-state index contributed by atoms with van der Waals surface area (Å²) in [7, 11) is 0. The standard InChI is InChI=1S/C15H16ClN3O/c1-10(11-3-2-4-13(16)7-11)19-15(20)12-5-6-18-14(8-12)9-17/h2-8,10H,9,17H2,1H3,(H,19,20)/t10-/m0/s1. The lowest BCUT2D eigenvalue weighted by Gasteiger charge is -2.15. The molecule has 0 aliphatic carbocycles. The Balaban J connectivity index is 2.10. The molecule has 0 aliphatic heterocycles. The van der Waals surface area contributed by atoms with Gasteiger partial charge in [-0.1, -0.05) is 23.7 Å². The second-order valence-electron chi connectivity index (χ2n) is 4.49. The minimum absolute atomic E-state index is 0.129. The molecule has 1 heterocycles. The number of nitrogens with zero attached hydrogens (tertiary/aromatic N) is 1. The zero-order chi connectivity index (χ0) is 14.5. The second-order valence-corrected chi connectivity index (χ2v) is 4.93. The number of benzene rings is 1. The Bertz CT molecular complexity index is 616. The zero-order valence-electron chi connectivity index (χ0n) is 11.1. The van der Waals surface area contributed by atoms with Crippen LogP contribution in [0.15, 0.2) is 42.6 Å². The van der Waals surface area contributed by atoms with Crippen LogP contribution in [0.3, 0.4) is 0 Å². The van der Waals surface area contributed by atoms with Crippen LogP contribution < -0.4 is 11.1 Å². The second kappa shape index (κ2) is 6.50. The lowest BCUT2D eigenvalue weighted by Crippen LogP contribution is -2.26. The molecule has 2 aromatic rings. The Hall–Kier alpha value is -1.91. The van der Waals surface area contributed by atoms with Gasteiger partial charge in [0, 0.05) is 23.3 Å². The van der Waals surface area contributed by atoms with E-state index in [1.165, 1.54) is 0 Å². The van der Waals surface area contributed by atoms with Gasteiger partial charge in [-0.25, -0.2) is 0 Å². The number of aromatic nitrogens is 1. The highest BCUT2D eigenvalue weighted by Gasteiger charge is 2.12. The Morgan fingerprint density at radius 3 is 2.90 bits per heavy atom. The van der Waals surface area contributed by atoms with Crippen LogP contribution in [0.4, 0.5) is 0 Å². The monoisotopic (exact) mass is 289 g/mol. The number of hydrogen-bond donors (Lipinski definition) is 2. The summed E-state index contributed by atoms with van der Waals surface area (Å²) in [6.45, 7) is 2.22. The van der Waals surface area contributed by atoms with Crippen LogP contribution in [0, 0.1) is 0 Å². The van der Waals surface area contributed by atoms with Crippen molar-refractivity contribution in [3.05, 3.63) is 64.4 Å². The van der Waals surface area contributed by atoms with Crippen molar-refractivity contribution in [1.29, 1.82) is 0 Å². The number of rotatable bonds is 4. The minimum Gasteiger partial charge on any atom is -0.346 e. The summed E-state index contributed by atoms with van der Waals surface area (Å²) in [4.78, 5) is 16.2. The molecule has 1 aromatic heterocycles. The molecule has 5 heteroatoms. The minimum atomic E-state index is -0.158. The highest BCUT2D eigenvalue weighted by Crippen LogP contribution is 2.17. The van der Waals surface area contributed by atoms with E-state index in [0.29, 0.717) is 22.8 Å². The summed E-state index contributed by atoms with van der Waals surface area (Å²) >= 11 is 5.95. The maximum atomic E-state index is 12.2. The summed E-state index contributed by atoms with van der Waals surface area (Å²) in [6.07, 6.45) is 1.58. The lowest BCUT2D eigenvalue weighted by molar-refractivity contribution is 0.0939. The van der Waals surface area contributed by atoms with Gasteiger partial charge in [-0.15, -0.1) is 0 Å². The van der Waals surface area contributed by atoms with Crippen molar-refractivity contribution < 1.29 is 4.79 Å². The summed E-state index contributed by atoms with van der Waals surface area (Å²) in [5.74, 6) is -0.158. The molecular weight excluding hydrogens is 274 g/mol. The molecule has 0 saturated heterocycles. The molecule has 0 fully saturated rings. The van der Waals surface area contributed by atoms with Gasteiger partial charge in [0.05, 0.1) is 11.7 Å². The number of carbonyl (C=O) groups is 1. The molecule has 2 rings (SSSR count). The van der Waals surface area contributed by atoms with Crippen molar-refractivity contribution in [3.8, 4) is 0 Å². The van der Waals surface area contributed by atoms with Crippen molar-refractivity contribution in [3.63, 3.8) is 0 Å². The normalized spacial score (nSPS) is 11.9. The van der Waals surface area contributed by atoms with Crippen LogP contribution in [-0.2, 0) is 6.54 Å². The van der Waals surface area contributed by atoms with Crippen LogP contribution in [0.1, 0.15) is 34.6 Å². The van der Waals surface area contributed by atoms with Gasteiger partial charge >= 0.3 is 0 Å². The van der Waals surface area contributed by atoms with Gasteiger partial charge in [-0.3, -0.25) is 9.78 Å². The predicted octanol–water partition coefficient (Wildman–Crippen LogP) is 2.68. The van der Waals surface area contributed by atoms with Crippen molar-refractivity contribution in [2.24, 2.45) is 5.73 Å². The van der Waals surface area contributed by atoms with Crippen LogP contribution in [0.2, 0.25) is 5.02 Å². The van der Waals surface area contributed by atoms with E-state index >= 15 is 0 Å². The van der Waals surface area contributed by atoms with E-state index in [1.54, 1.807) is 24.4 Å². The van der Waals surface area contributed by atoms with Crippen molar-refractivity contribution in [2.75, 3.05) is 0 Å². The van der Waals surface area contributed by atoms with Crippen molar-refractivity contribution >= 4 is 17.5 Å². The molecule has 1 atom stereocenters. The van der Waals surface area contributed by atoms with Crippen LogP contribution in [0.5, 0.6) is 0 Å². The number of hydrogen-bond acceptors (Lipinski definition) is 3. The Labute approximate surface area is 123 Å². The fourth-order valence-corrected chi connectivity index (χ4v) is 2.07. The molecular formula is C15H16ClN3O. The van der Waals surface area contributed by atoms with Gasteiger partial charge in [0.2, 0.25) is 0 Å². The highest BCUT2D eigenvalue weighted by atomic mass is 35.5. The first kappa shape index (κ1) is 14.5. The number of amides is 1. The van der Waals surface area contributed by atoms with E-state index in [0.717, 1.165) is 5.56 Å². The molecule has 3 N–H and O–H groups in total. The lowest BCUT2D eigenvalue weighted by atomic mass is 10.1. The maximum absolute atomic E-state index is 12.2. The van der Waals surface area contributed by atoms with E-state index in [4.69, 9.17) is 17.3 Å². The quantitative estimate of drug-likeness (QED) is 0.909. The molecule has 104 valence electrons.